The highest BCUT2D eigenvalue weighted by Gasteiger charge is 2.18. The zero-order valence-corrected chi connectivity index (χ0v) is 16.3. The summed E-state index contributed by atoms with van der Waals surface area (Å²) >= 11 is 0. The molecule has 0 bridgehead atoms. The lowest BCUT2D eigenvalue weighted by molar-refractivity contribution is -0.143. The molecule has 0 fully saturated rings. The summed E-state index contributed by atoms with van der Waals surface area (Å²) in [4.78, 5) is 16.4. The predicted molar refractivity (Wildman–Crippen MR) is 109 cm³/mol. The molecule has 0 saturated carbocycles. The third kappa shape index (κ3) is 4.85. The van der Waals surface area contributed by atoms with Crippen molar-refractivity contribution in [2.24, 2.45) is 0 Å². The molecule has 0 aliphatic heterocycles. The molecule has 0 radical (unpaired) electrons. The quantitative estimate of drug-likeness (QED) is 0.344. The van der Waals surface area contributed by atoms with Gasteiger partial charge in [0.25, 0.3) is 5.89 Å². The van der Waals surface area contributed by atoms with Crippen LogP contribution in [-0.4, -0.2) is 31.1 Å². The highest BCUT2D eigenvalue weighted by molar-refractivity contribution is 5.86. The molecule has 0 aliphatic carbocycles. The number of ether oxygens (including phenoxy) is 1. The minimum Gasteiger partial charge on any atom is -0.449 e. The number of benzene rings is 2. The minimum atomic E-state index is -0.680. The van der Waals surface area contributed by atoms with E-state index in [1.54, 1.807) is 23.9 Å². The maximum Gasteiger partial charge on any atom is 0.331 e. The first-order chi connectivity index (χ1) is 14.7. The number of nitrogens with zero attached hydrogens (tertiary/aromatic N) is 5. The van der Waals surface area contributed by atoms with Crippen molar-refractivity contribution >= 4 is 12.0 Å². The van der Waals surface area contributed by atoms with Crippen LogP contribution in [0.25, 0.3) is 17.5 Å². The Kier molecular flexibility index (Phi) is 5.75. The Hall–Kier alpha value is -4.07. The van der Waals surface area contributed by atoms with Crippen molar-refractivity contribution in [2.75, 3.05) is 0 Å². The van der Waals surface area contributed by atoms with E-state index in [1.165, 1.54) is 6.08 Å². The second-order valence-corrected chi connectivity index (χ2v) is 6.56. The molecular formula is C22H19N5O3. The van der Waals surface area contributed by atoms with E-state index in [1.807, 2.05) is 60.7 Å². The van der Waals surface area contributed by atoms with E-state index >= 15 is 0 Å². The minimum absolute atomic E-state index is 0.226. The third-order valence-electron chi connectivity index (χ3n) is 4.25. The van der Waals surface area contributed by atoms with Crippen LogP contribution in [0.2, 0.25) is 0 Å². The SMILES string of the molecule is C[C@@H](OC(=O)/C=C/c1cn(Cc2ccccc2)nn1)c1nc(-c2ccccc2)no1. The van der Waals surface area contributed by atoms with Gasteiger partial charge in [-0.3, -0.25) is 0 Å². The van der Waals surface area contributed by atoms with Crippen LogP contribution in [0.3, 0.4) is 0 Å². The lowest BCUT2D eigenvalue weighted by Crippen LogP contribution is -2.06. The molecule has 2 aromatic carbocycles. The molecule has 8 nitrogen and oxygen atoms in total. The van der Waals surface area contributed by atoms with Crippen molar-refractivity contribution in [2.45, 2.75) is 19.6 Å². The molecule has 0 spiro atoms. The number of hydrogen-bond acceptors (Lipinski definition) is 7. The lowest BCUT2D eigenvalue weighted by atomic mass is 10.2. The van der Waals surface area contributed by atoms with Crippen LogP contribution < -0.4 is 0 Å². The highest BCUT2D eigenvalue weighted by atomic mass is 16.6. The standard InChI is InChI=1S/C22H19N5O3/c1-16(22-23-21(25-30-22)18-10-6-3-7-11-18)29-20(28)13-12-19-15-27(26-24-19)14-17-8-4-2-5-9-17/h2-13,15-16H,14H2,1H3/b13-12+/t16-/m1/s1. The van der Waals surface area contributed by atoms with Crippen LogP contribution >= 0.6 is 0 Å². The largest absolute Gasteiger partial charge is 0.449 e. The summed E-state index contributed by atoms with van der Waals surface area (Å²) in [5.41, 5.74) is 2.49. The van der Waals surface area contributed by atoms with E-state index < -0.39 is 12.1 Å². The van der Waals surface area contributed by atoms with Crippen LogP contribution in [0.5, 0.6) is 0 Å². The van der Waals surface area contributed by atoms with Crippen LogP contribution in [0.15, 0.2) is 77.5 Å². The number of carbonyl (C=O) groups excluding carboxylic acids is 1. The average Bonchev–Trinajstić information content (AvgIpc) is 3.44. The second-order valence-electron chi connectivity index (χ2n) is 6.56. The summed E-state index contributed by atoms with van der Waals surface area (Å²) in [6.07, 6.45) is 3.92. The number of esters is 1. The summed E-state index contributed by atoms with van der Waals surface area (Å²) in [6.45, 7) is 2.27. The van der Waals surface area contributed by atoms with Crippen LogP contribution in [0, 0.1) is 0 Å². The Balaban J connectivity index is 1.33. The summed E-state index contributed by atoms with van der Waals surface area (Å²) in [5, 5.41) is 12.0. The Labute approximate surface area is 172 Å². The molecule has 1 atom stereocenters. The third-order valence-corrected chi connectivity index (χ3v) is 4.25. The first kappa shape index (κ1) is 19.3. The fourth-order valence-electron chi connectivity index (χ4n) is 2.76. The normalized spacial score (nSPS) is 12.2. The van der Waals surface area contributed by atoms with E-state index in [0.29, 0.717) is 18.1 Å². The Morgan fingerprint density at radius 2 is 1.87 bits per heavy atom. The van der Waals surface area contributed by atoms with Gasteiger partial charge in [0.1, 0.15) is 5.69 Å². The maximum absolute atomic E-state index is 12.1. The van der Waals surface area contributed by atoms with Crippen molar-refractivity contribution in [1.82, 2.24) is 25.1 Å². The molecule has 8 heteroatoms. The van der Waals surface area contributed by atoms with Gasteiger partial charge in [0.2, 0.25) is 5.82 Å². The molecule has 30 heavy (non-hydrogen) atoms. The summed E-state index contributed by atoms with van der Waals surface area (Å²) in [7, 11) is 0. The Morgan fingerprint density at radius 1 is 1.13 bits per heavy atom. The molecule has 4 rings (SSSR count). The molecule has 0 amide bonds. The zero-order valence-electron chi connectivity index (χ0n) is 16.3. The van der Waals surface area contributed by atoms with Gasteiger partial charge in [0.15, 0.2) is 6.10 Å². The molecule has 2 aromatic heterocycles. The second kappa shape index (κ2) is 8.95. The van der Waals surface area contributed by atoms with Crippen LogP contribution in [-0.2, 0) is 16.1 Å². The number of aromatic nitrogens is 5. The smallest absolute Gasteiger partial charge is 0.331 e. The van der Waals surface area contributed by atoms with Gasteiger partial charge in [0, 0.05) is 11.6 Å². The predicted octanol–water partition coefficient (Wildman–Crippen LogP) is 3.69. The topological polar surface area (TPSA) is 95.9 Å². The molecule has 150 valence electrons. The fourth-order valence-corrected chi connectivity index (χ4v) is 2.76. The maximum atomic E-state index is 12.1. The van der Waals surface area contributed by atoms with Crippen LogP contribution in [0.1, 0.15) is 30.2 Å². The van der Waals surface area contributed by atoms with Crippen molar-refractivity contribution < 1.29 is 14.1 Å². The van der Waals surface area contributed by atoms with Crippen molar-refractivity contribution in [3.05, 3.63) is 90.1 Å². The lowest BCUT2D eigenvalue weighted by Gasteiger charge is -2.06. The van der Waals surface area contributed by atoms with Gasteiger partial charge >= 0.3 is 5.97 Å². The average molecular weight is 401 g/mol. The van der Waals surface area contributed by atoms with Gasteiger partial charge in [-0.05, 0) is 18.6 Å². The van der Waals surface area contributed by atoms with Crippen molar-refractivity contribution in [3.8, 4) is 11.4 Å². The molecule has 0 unspecified atom stereocenters. The van der Waals surface area contributed by atoms with Gasteiger partial charge in [-0.2, -0.15) is 4.98 Å². The van der Waals surface area contributed by atoms with Crippen LogP contribution in [0.4, 0.5) is 0 Å². The molecule has 2 heterocycles. The molecule has 0 N–H and O–H groups in total. The number of hydrogen-bond donors (Lipinski definition) is 0. The van der Waals surface area contributed by atoms with Crippen molar-refractivity contribution in [1.29, 1.82) is 0 Å². The highest BCUT2D eigenvalue weighted by Crippen LogP contribution is 2.20. The van der Waals surface area contributed by atoms with E-state index in [2.05, 4.69) is 20.5 Å². The Morgan fingerprint density at radius 3 is 2.63 bits per heavy atom. The fraction of sp³-hybridized carbons (Fsp3) is 0.136. The summed E-state index contributed by atoms with van der Waals surface area (Å²) in [6, 6.07) is 19.3. The number of rotatable bonds is 7. The molecule has 0 saturated heterocycles. The Bertz CT molecular complexity index is 1140. The number of carbonyl (C=O) groups is 1. The van der Waals surface area contributed by atoms with Gasteiger partial charge in [-0.15, -0.1) is 5.10 Å². The van der Waals surface area contributed by atoms with E-state index in [4.69, 9.17) is 9.26 Å². The van der Waals surface area contributed by atoms with Gasteiger partial charge in [0.05, 0.1) is 12.7 Å². The van der Waals surface area contributed by atoms with E-state index in [0.717, 1.165) is 11.1 Å². The first-order valence-corrected chi connectivity index (χ1v) is 9.39. The summed E-state index contributed by atoms with van der Waals surface area (Å²) in [5.74, 6) is 0.128. The molecule has 0 aliphatic rings. The zero-order chi connectivity index (χ0) is 20.8. The molecule has 4 aromatic rings. The van der Waals surface area contributed by atoms with Gasteiger partial charge in [-0.25, -0.2) is 9.48 Å². The van der Waals surface area contributed by atoms with E-state index in [-0.39, 0.29) is 5.89 Å². The summed E-state index contributed by atoms with van der Waals surface area (Å²) < 4.78 is 12.3. The van der Waals surface area contributed by atoms with Crippen molar-refractivity contribution in [3.63, 3.8) is 0 Å². The van der Waals surface area contributed by atoms with E-state index in [9.17, 15) is 4.79 Å². The molecular weight excluding hydrogens is 382 g/mol. The monoisotopic (exact) mass is 401 g/mol. The first-order valence-electron chi connectivity index (χ1n) is 9.39. The van der Waals surface area contributed by atoms with Gasteiger partial charge in [-0.1, -0.05) is 71.0 Å². The van der Waals surface area contributed by atoms with Gasteiger partial charge < -0.3 is 9.26 Å².